The Morgan fingerprint density at radius 2 is 1.91 bits per heavy atom. The zero-order valence-electron chi connectivity index (χ0n) is 19.5. The minimum absolute atomic E-state index is 0.0409. The third kappa shape index (κ3) is 4.13. The maximum atomic E-state index is 13.4. The number of piperidine rings is 1. The smallest absolute Gasteiger partial charge is 0.371 e. The van der Waals surface area contributed by atoms with Crippen LogP contribution >= 0.6 is 0 Å². The van der Waals surface area contributed by atoms with Crippen LogP contribution in [0.2, 0.25) is 0 Å². The third-order valence-electron chi connectivity index (χ3n) is 6.43. The van der Waals surface area contributed by atoms with Crippen molar-refractivity contribution < 1.29 is 14.3 Å². The second kappa shape index (κ2) is 9.23. The van der Waals surface area contributed by atoms with Crippen molar-refractivity contribution in [2.24, 2.45) is 0 Å². The SMILES string of the molecule is [C-]#[N+]c1ncc(-c2ccc3ncc4c(c3n2)N(C2CCN(C(=O)COC)CC2)C(=O)N(C)C4)cn1. The number of likely N-dealkylation sites (tertiary alicyclic amines) is 1. The van der Waals surface area contributed by atoms with Crippen molar-refractivity contribution in [2.75, 3.05) is 38.8 Å². The summed E-state index contributed by atoms with van der Waals surface area (Å²) in [6, 6.07) is 3.53. The van der Waals surface area contributed by atoms with Gasteiger partial charge in [-0.25, -0.2) is 9.78 Å². The molecule has 0 radical (unpaired) electrons. The first-order valence-corrected chi connectivity index (χ1v) is 11.3. The van der Waals surface area contributed by atoms with Gasteiger partial charge >= 0.3 is 12.0 Å². The van der Waals surface area contributed by atoms with Gasteiger partial charge in [0.1, 0.15) is 12.1 Å². The number of methoxy groups -OCH3 is 1. The van der Waals surface area contributed by atoms with E-state index < -0.39 is 0 Å². The van der Waals surface area contributed by atoms with Gasteiger partial charge in [-0.1, -0.05) is 0 Å². The number of carbonyl (C=O) groups is 2. The van der Waals surface area contributed by atoms with Crippen LogP contribution in [0, 0.1) is 6.57 Å². The molecule has 3 aromatic heterocycles. The Balaban J connectivity index is 1.54. The van der Waals surface area contributed by atoms with Crippen LogP contribution in [0.25, 0.3) is 27.1 Å². The minimum Gasteiger partial charge on any atom is -0.394 e. The Morgan fingerprint density at radius 1 is 1.17 bits per heavy atom. The molecule has 35 heavy (non-hydrogen) atoms. The predicted octanol–water partition coefficient (Wildman–Crippen LogP) is 2.65. The van der Waals surface area contributed by atoms with Crippen molar-refractivity contribution in [3.05, 3.63) is 47.7 Å². The summed E-state index contributed by atoms with van der Waals surface area (Å²) >= 11 is 0. The quantitative estimate of drug-likeness (QED) is 0.537. The van der Waals surface area contributed by atoms with Gasteiger partial charge in [0.05, 0.1) is 41.4 Å². The van der Waals surface area contributed by atoms with Gasteiger partial charge < -0.3 is 19.4 Å². The van der Waals surface area contributed by atoms with E-state index >= 15 is 0 Å². The standard InChI is InChI=1S/C24H24N8O3/c1-25-23-27-10-15(11-28-23)18-4-5-19-21(29-18)22-16(12-26-19)13-30(2)24(34)32(22)17-6-8-31(9-7-17)20(33)14-35-3/h4-5,10-12,17H,6-9,13-14H2,2-3H3. The molecule has 1 fully saturated rings. The van der Waals surface area contributed by atoms with E-state index in [-0.39, 0.29) is 30.5 Å². The maximum absolute atomic E-state index is 13.4. The number of carbonyl (C=O) groups excluding carboxylic acids is 2. The number of nitrogens with zero attached hydrogens (tertiary/aromatic N) is 8. The summed E-state index contributed by atoms with van der Waals surface area (Å²) in [6.45, 7) is 8.66. The molecule has 5 rings (SSSR count). The molecule has 0 atom stereocenters. The van der Waals surface area contributed by atoms with Gasteiger partial charge in [-0.15, -0.1) is 6.57 Å². The van der Waals surface area contributed by atoms with Crippen molar-refractivity contribution in [3.8, 4) is 11.3 Å². The number of amides is 3. The van der Waals surface area contributed by atoms with E-state index in [1.807, 2.05) is 17.0 Å². The Labute approximate surface area is 202 Å². The fourth-order valence-electron chi connectivity index (χ4n) is 4.68. The van der Waals surface area contributed by atoms with E-state index in [1.54, 1.807) is 35.4 Å². The molecule has 0 unspecified atom stereocenters. The van der Waals surface area contributed by atoms with Gasteiger partial charge in [0.15, 0.2) is 0 Å². The monoisotopic (exact) mass is 472 g/mol. The average molecular weight is 473 g/mol. The molecule has 0 aromatic carbocycles. The first-order valence-electron chi connectivity index (χ1n) is 11.3. The van der Waals surface area contributed by atoms with E-state index in [9.17, 15) is 9.59 Å². The number of aromatic nitrogens is 4. The van der Waals surface area contributed by atoms with E-state index in [0.717, 1.165) is 11.3 Å². The molecule has 5 heterocycles. The van der Waals surface area contributed by atoms with Gasteiger partial charge in [-0.2, -0.15) is 9.97 Å². The summed E-state index contributed by atoms with van der Waals surface area (Å²) < 4.78 is 4.99. The average Bonchev–Trinajstić information content (AvgIpc) is 2.89. The molecule has 11 heteroatoms. The second-order valence-corrected chi connectivity index (χ2v) is 8.63. The number of pyridine rings is 2. The molecule has 1 saturated heterocycles. The first kappa shape index (κ1) is 22.6. The fourth-order valence-corrected chi connectivity index (χ4v) is 4.68. The van der Waals surface area contributed by atoms with Crippen molar-refractivity contribution in [2.45, 2.75) is 25.4 Å². The van der Waals surface area contributed by atoms with Gasteiger partial charge in [0.2, 0.25) is 5.91 Å². The lowest BCUT2D eigenvalue weighted by Crippen LogP contribution is -2.54. The van der Waals surface area contributed by atoms with Crippen LogP contribution in [0.4, 0.5) is 16.4 Å². The largest absolute Gasteiger partial charge is 0.394 e. The van der Waals surface area contributed by atoms with E-state index in [0.29, 0.717) is 54.8 Å². The van der Waals surface area contributed by atoms with Crippen molar-refractivity contribution in [1.82, 2.24) is 29.7 Å². The molecule has 11 nitrogen and oxygen atoms in total. The number of rotatable bonds is 4. The van der Waals surface area contributed by atoms with Crippen molar-refractivity contribution in [3.63, 3.8) is 0 Å². The number of hydrogen-bond acceptors (Lipinski definition) is 7. The van der Waals surface area contributed by atoms with Crippen LogP contribution in [0.5, 0.6) is 0 Å². The summed E-state index contributed by atoms with van der Waals surface area (Å²) in [4.78, 5) is 51.8. The van der Waals surface area contributed by atoms with Gasteiger partial charge in [-0.3, -0.25) is 14.7 Å². The molecule has 0 N–H and O–H groups in total. The predicted molar refractivity (Wildman–Crippen MR) is 128 cm³/mol. The Hall–Kier alpha value is -4.17. The van der Waals surface area contributed by atoms with Crippen LogP contribution in [-0.2, 0) is 16.1 Å². The number of urea groups is 1. The lowest BCUT2D eigenvalue weighted by Gasteiger charge is -2.43. The zero-order chi connectivity index (χ0) is 24.5. The molecule has 178 valence electrons. The lowest BCUT2D eigenvalue weighted by molar-refractivity contribution is -0.136. The second-order valence-electron chi connectivity index (χ2n) is 8.63. The lowest BCUT2D eigenvalue weighted by atomic mass is 9.99. The van der Waals surface area contributed by atoms with Crippen molar-refractivity contribution in [1.29, 1.82) is 0 Å². The Morgan fingerprint density at radius 3 is 2.60 bits per heavy atom. The normalized spacial score (nSPS) is 16.4. The molecule has 3 amide bonds. The number of hydrogen-bond donors (Lipinski definition) is 0. The summed E-state index contributed by atoms with van der Waals surface area (Å²) in [5.41, 5.74) is 4.31. The molecular formula is C24H24N8O3. The molecule has 0 spiro atoms. The van der Waals surface area contributed by atoms with Crippen LogP contribution in [0.15, 0.2) is 30.7 Å². The zero-order valence-corrected chi connectivity index (χ0v) is 19.5. The van der Waals surface area contributed by atoms with Crippen LogP contribution in [0.1, 0.15) is 18.4 Å². The molecule has 3 aromatic rings. The number of fused-ring (bicyclic) bond motifs is 3. The van der Waals surface area contributed by atoms with E-state index in [1.165, 1.54) is 7.11 Å². The van der Waals surface area contributed by atoms with Crippen molar-refractivity contribution >= 4 is 34.6 Å². The van der Waals surface area contributed by atoms with E-state index in [2.05, 4.69) is 19.8 Å². The molecule has 2 aliphatic heterocycles. The highest BCUT2D eigenvalue weighted by Crippen LogP contribution is 2.37. The summed E-state index contributed by atoms with van der Waals surface area (Å²) in [5.74, 6) is 0.0320. The molecule has 0 bridgehead atoms. The van der Waals surface area contributed by atoms with Crippen LogP contribution in [0.3, 0.4) is 0 Å². The van der Waals surface area contributed by atoms with E-state index in [4.69, 9.17) is 16.3 Å². The van der Waals surface area contributed by atoms with Crippen LogP contribution in [-0.4, -0.2) is 81.6 Å². The van der Waals surface area contributed by atoms with Gasteiger partial charge in [0.25, 0.3) is 0 Å². The Bertz CT molecular complexity index is 1330. The molecule has 0 aliphatic carbocycles. The van der Waals surface area contributed by atoms with Gasteiger partial charge in [-0.05, 0) is 25.0 Å². The summed E-state index contributed by atoms with van der Waals surface area (Å²) in [5, 5.41) is 0. The third-order valence-corrected chi connectivity index (χ3v) is 6.43. The minimum atomic E-state index is -0.0939. The maximum Gasteiger partial charge on any atom is 0.371 e. The highest BCUT2D eigenvalue weighted by Gasteiger charge is 2.37. The fraction of sp³-hybridized carbons (Fsp3) is 0.375. The number of anilines is 1. The number of ether oxygens (including phenoxy) is 1. The highest BCUT2D eigenvalue weighted by atomic mass is 16.5. The van der Waals surface area contributed by atoms with Gasteiger partial charge in [0, 0.05) is 45.0 Å². The topological polar surface area (TPSA) is 109 Å². The Kier molecular flexibility index (Phi) is 5.96. The summed E-state index contributed by atoms with van der Waals surface area (Å²) in [6.07, 6.45) is 6.26. The highest BCUT2D eigenvalue weighted by molar-refractivity contribution is 6.04. The molecule has 2 aliphatic rings. The summed E-state index contributed by atoms with van der Waals surface area (Å²) in [7, 11) is 3.29. The molecular weight excluding hydrogens is 448 g/mol. The molecule has 0 saturated carbocycles. The first-order chi connectivity index (χ1) is 17.0. The van der Waals surface area contributed by atoms with Crippen LogP contribution < -0.4 is 4.90 Å².